The highest BCUT2D eigenvalue weighted by atomic mass is 35.5. The maximum atomic E-state index is 6.10. The summed E-state index contributed by atoms with van der Waals surface area (Å²) in [5, 5.41) is 0. The molecule has 14 heavy (non-hydrogen) atoms. The van der Waals surface area contributed by atoms with Crippen molar-refractivity contribution in [2.45, 2.75) is 32.1 Å². The topological polar surface area (TPSA) is 9.23 Å². The number of halogens is 2. The number of rotatable bonds is 6. The lowest BCUT2D eigenvalue weighted by Gasteiger charge is -2.35. The third-order valence-corrected chi connectivity index (χ3v) is 4.62. The molecule has 1 saturated carbocycles. The van der Waals surface area contributed by atoms with Gasteiger partial charge in [0.15, 0.2) is 0 Å². The molecular weight excluding hydrogens is 219 g/mol. The zero-order chi connectivity index (χ0) is 10.4. The van der Waals surface area contributed by atoms with E-state index in [2.05, 4.69) is 0 Å². The fourth-order valence-electron chi connectivity index (χ4n) is 2.44. The summed E-state index contributed by atoms with van der Waals surface area (Å²) < 4.78 is 5.14. The fourth-order valence-corrected chi connectivity index (χ4v) is 3.42. The van der Waals surface area contributed by atoms with Crippen LogP contribution in [0.15, 0.2) is 0 Å². The van der Waals surface area contributed by atoms with Gasteiger partial charge in [0, 0.05) is 30.9 Å². The predicted octanol–water partition coefficient (Wildman–Crippen LogP) is 3.68. The minimum atomic E-state index is 0.121. The molecule has 0 atom stereocenters. The van der Waals surface area contributed by atoms with E-state index < -0.39 is 0 Å². The van der Waals surface area contributed by atoms with E-state index in [0.717, 1.165) is 13.0 Å². The third kappa shape index (κ3) is 2.77. The zero-order valence-electron chi connectivity index (χ0n) is 8.90. The Morgan fingerprint density at radius 3 is 2.21 bits per heavy atom. The van der Waals surface area contributed by atoms with Crippen LogP contribution in [0, 0.1) is 11.3 Å². The SMILES string of the molecule is COCCC(CCl)(CCl)C1CCCC1. The summed E-state index contributed by atoms with van der Waals surface area (Å²) in [5.41, 5.74) is 0.121. The molecule has 1 rings (SSSR count). The van der Waals surface area contributed by atoms with Gasteiger partial charge in [0.05, 0.1) is 0 Å². The largest absolute Gasteiger partial charge is 0.385 e. The molecule has 0 aromatic heterocycles. The van der Waals surface area contributed by atoms with E-state index in [1.807, 2.05) is 0 Å². The Hall–Kier alpha value is 0.540. The zero-order valence-corrected chi connectivity index (χ0v) is 10.4. The van der Waals surface area contributed by atoms with Crippen molar-refractivity contribution in [3.05, 3.63) is 0 Å². The second kappa shape index (κ2) is 6.19. The number of ether oxygens (including phenoxy) is 1. The van der Waals surface area contributed by atoms with Crippen molar-refractivity contribution in [2.24, 2.45) is 11.3 Å². The van der Waals surface area contributed by atoms with Crippen LogP contribution >= 0.6 is 23.2 Å². The van der Waals surface area contributed by atoms with Crippen molar-refractivity contribution in [2.75, 3.05) is 25.5 Å². The van der Waals surface area contributed by atoms with E-state index in [1.165, 1.54) is 25.7 Å². The van der Waals surface area contributed by atoms with E-state index in [1.54, 1.807) is 7.11 Å². The first kappa shape index (κ1) is 12.6. The Morgan fingerprint density at radius 2 is 1.79 bits per heavy atom. The molecule has 0 saturated heterocycles. The van der Waals surface area contributed by atoms with E-state index in [9.17, 15) is 0 Å². The van der Waals surface area contributed by atoms with Gasteiger partial charge in [-0.25, -0.2) is 0 Å². The van der Waals surface area contributed by atoms with Gasteiger partial charge in [0.25, 0.3) is 0 Å². The van der Waals surface area contributed by atoms with Crippen LogP contribution in [0.4, 0.5) is 0 Å². The summed E-state index contributed by atoms with van der Waals surface area (Å²) in [6, 6.07) is 0. The van der Waals surface area contributed by atoms with Gasteiger partial charge in [0.1, 0.15) is 0 Å². The first-order valence-electron chi connectivity index (χ1n) is 5.40. The van der Waals surface area contributed by atoms with Crippen molar-refractivity contribution in [1.29, 1.82) is 0 Å². The summed E-state index contributed by atoms with van der Waals surface area (Å²) in [6.07, 6.45) is 6.27. The molecule has 0 unspecified atom stereocenters. The Labute approximate surface area is 97.1 Å². The average Bonchev–Trinajstić information content (AvgIpc) is 2.74. The van der Waals surface area contributed by atoms with Crippen LogP contribution < -0.4 is 0 Å². The number of methoxy groups -OCH3 is 1. The first-order valence-corrected chi connectivity index (χ1v) is 6.47. The molecule has 0 aromatic rings. The molecule has 0 amide bonds. The van der Waals surface area contributed by atoms with Gasteiger partial charge < -0.3 is 4.74 Å². The molecule has 0 spiro atoms. The van der Waals surface area contributed by atoms with Crippen molar-refractivity contribution in [3.63, 3.8) is 0 Å². The van der Waals surface area contributed by atoms with Crippen LogP contribution in [0.25, 0.3) is 0 Å². The minimum absolute atomic E-state index is 0.121. The summed E-state index contributed by atoms with van der Waals surface area (Å²) in [6.45, 7) is 0.774. The molecular formula is C11H20Cl2O. The van der Waals surface area contributed by atoms with E-state index >= 15 is 0 Å². The molecule has 1 aliphatic carbocycles. The van der Waals surface area contributed by atoms with Crippen LogP contribution in [0.5, 0.6) is 0 Å². The summed E-state index contributed by atoms with van der Waals surface area (Å²) in [7, 11) is 1.74. The Morgan fingerprint density at radius 1 is 1.21 bits per heavy atom. The summed E-state index contributed by atoms with van der Waals surface area (Å²) >= 11 is 12.2. The third-order valence-electron chi connectivity index (χ3n) is 3.56. The first-order chi connectivity index (χ1) is 6.79. The van der Waals surface area contributed by atoms with Crippen molar-refractivity contribution in [3.8, 4) is 0 Å². The molecule has 1 aliphatic rings. The Kier molecular flexibility index (Phi) is 5.58. The van der Waals surface area contributed by atoms with Gasteiger partial charge in [-0.15, -0.1) is 23.2 Å². The second-order valence-corrected chi connectivity index (χ2v) is 4.89. The lowest BCUT2D eigenvalue weighted by atomic mass is 9.75. The molecule has 0 heterocycles. The molecule has 0 aliphatic heterocycles. The van der Waals surface area contributed by atoms with Crippen molar-refractivity contribution in [1.82, 2.24) is 0 Å². The summed E-state index contributed by atoms with van der Waals surface area (Å²) in [4.78, 5) is 0. The molecule has 1 nitrogen and oxygen atoms in total. The van der Waals surface area contributed by atoms with E-state index in [-0.39, 0.29) is 5.41 Å². The quantitative estimate of drug-likeness (QED) is 0.642. The van der Waals surface area contributed by atoms with Crippen LogP contribution in [-0.2, 0) is 4.74 Å². The Balaban J connectivity index is 2.57. The van der Waals surface area contributed by atoms with E-state index in [4.69, 9.17) is 27.9 Å². The molecule has 3 heteroatoms. The molecule has 0 radical (unpaired) electrons. The number of hydrogen-bond donors (Lipinski definition) is 0. The predicted molar refractivity (Wildman–Crippen MR) is 62.3 cm³/mol. The maximum absolute atomic E-state index is 6.10. The smallest absolute Gasteiger partial charge is 0.0468 e. The van der Waals surface area contributed by atoms with Gasteiger partial charge in [0.2, 0.25) is 0 Å². The van der Waals surface area contributed by atoms with Crippen LogP contribution in [0.3, 0.4) is 0 Å². The maximum Gasteiger partial charge on any atom is 0.0468 e. The lowest BCUT2D eigenvalue weighted by Crippen LogP contribution is -2.34. The van der Waals surface area contributed by atoms with Gasteiger partial charge in [-0.2, -0.15) is 0 Å². The summed E-state index contributed by atoms with van der Waals surface area (Å²) in [5.74, 6) is 2.06. The normalized spacial score (nSPS) is 19.1. The Bertz CT molecular complexity index is 151. The van der Waals surface area contributed by atoms with E-state index in [0.29, 0.717) is 17.7 Å². The van der Waals surface area contributed by atoms with Crippen LogP contribution in [0.2, 0.25) is 0 Å². The molecule has 0 aromatic carbocycles. The molecule has 1 fully saturated rings. The van der Waals surface area contributed by atoms with Gasteiger partial charge in [-0.05, 0) is 25.2 Å². The monoisotopic (exact) mass is 238 g/mol. The molecule has 84 valence electrons. The standard InChI is InChI=1S/C11H20Cl2O/c1-14-7-6-11(8-12,9-13)10-4-2-3-5-10/h10H,2-9H2,1H3. The van der Waals surface area contributed by atoms with Crippen molar-refractivity contribution >= 4 is 23.2 Å². The highest BCUT2D eigenvalue weighted by Gasteiger charge is 2.38. The molecule has 0 N–H and O–H groups in total. The second-order valence-electron chi connectivity index (χ2n) is 4.35. The van der Waals surface area contributed by atoms with Crippen LogP contribution in [-0.4, -0.2) is 25.5 Å². The van der Waals surface area contributed by atoms with Gasteiger partial charge in [-0.3, -0.25) is 0 Å². The highest BCUT2D eigenvalue weighted by molar-refractivity contribution is 6.21. The van der Waals surface area contributed by atoms with Crippen molar-refractivity contribution < 1.29 is 4.74 Å². The number of hydrogen-bond acceptors (Lipinski definition) is 1. The average molecular weight is 239 g/mol. The lowest BCUT2D eigenvalue weighted by molar-refractivity contribution is 0.120. The molecule has 0 bridgehead atoms. The van der Waals surface area contributed by atoms with Gasteiger partial charge >= 0.3 is 0 Å². The highest BCUT2D eigenvalue weighted by Crippen LogP contribution is 2.44. The van der Waals surface area contributed by atoms with Crippen LogP contribution in [0.1, 0.15) is 32.1 Å². The van der Waals surface area contributed by atoms with Gasteiger partial charge in [-0.1, -0.05) is 12.8 Å². The fraction of sp³-hybridized carbons (Fsp3) is 1.00. The number of alkyl halides is 2. The minimum Gasteiger partial charge on any atom is -0.385 e.